The van der Waals surface area contributed by atoms with Gasteiger partial charge in [0.15, 0.2) is 0 Å². The van der Waals surface area contributed by atoms with Crippen LogP contribution >= 0.6 is 11.6 Å². The highest BCUT2D eigenvalue weighted by Crippen LogP contribution is 2.21. The van der Waals surface area contributed by atoms with Gasteiger partial charge in [0.05, 0.1) is 10.8 Å². The zero-order chi connectivity index (χ0) is 18.3. The summed E-state index contributed by atoms with van der Waals surface area (Å²) in [4.78, 5) is 27.2. The van der Waals surface area contributed by atoms with E-state index in [1.54, 1.807) is 38.1 Å². The molecule has 2 rings (SSSR count). The Morgan fingerprint density at radius 1 is 1.38 bits per heavy atom. The van der Waals surface area contributed by atoms with E-state index in [0.717, 1.165) is 6.20 Å². The fourth-order valence-electron chi connectivity index (χ4n) is 1.25. The highest BCUT2D eigenvalue weighted by molar-refractivity contribution is 6.30. The van der Waals surface area contributed by atoms with Gasteiger partial charge in [-0.15, -0.1) is 0 Å². The molecule has 0 aliphatic rings. The maximum absolute atomic E-state index is 10.5. The first kappa shape index (κ1) is 19.1. The number of anilines is 3. The van der Waals surface area contributed by atoms with E-state index in [-0.39, 0.29) is 23.4 Å². The average molecular weight is 354 g/mol. The van der Waals surface area contributed by atoms with Crippen LogP contribution in [0.1, 0.15) is 13.8 Å². The van der Waals surface area contributed by atoms with Gasteiger partial charge >= 0.3 is 11.7 Å². The molecule has 0 atom stereocenters. The molecule has 9 nitrogen and oxygen atoms in total. The number of nitrogens with zero attached hydrogens (tertiary/aromatic N) is 3. The summed E-state index contributed by atoms with van der Waals surface area (Å²) in [7, 11) is 0. The van der Waals surface area contributed by atoms with Gasteiger partial charge < -0.3 is 16.2 Å². The molecule has 2 aromatic rings. The largest absolute Gasteiger partial charge is 0.481 e. The maximum atomic E-state index is 10.5. The molecule has 10 heteroatoms. The van der Waals surface area contributed by atoms with Crippen molar-refractivity contribution in [2.45, 2.75) is 13.8 Å². The van der Waals surface area contributed by atoms with Crippen LogP contribution < -0.4 is 11.1 Å². The Kier molecular flexibility index (Phi) is 6.87. The van der Waals surface area contributed by atoms with Crippen LogP contribution in [0.15, 0.2) is 30.5 Å². The second-order valence-corrected chi connectivity index (χ2v) is 5.28. The van der Waals surface area contributed by atoms with Crippen LogP contribution in [0.4, 0.5) is 23.1 Å². The van der Waals surface area contributed by atoms with Crippen LogP contribution in [0, 0.1) is 16.0 Å². The highest BCUT2D eigenvalue weighted by atomic mass is 35.5. The van der Waals surface area contributed by atoms with E-state index in [1.807, 2.05) is 0 Å². The summed E-state index contributed by atoms with van der Waals surface area (Å²) in [5, 5.41) is 22.0. The number of nitro groups is 1. The van der Waals surface area contributed by atoms with Crippen molar-refractivity contribution in [3.8, 4) is 0 Å². The molecule has 0 saturated carbocycles. The lowest BCUT2D eigenvalue weighted by Crippen LogP contribution is -2.03. The zero-order valence-electron chi connectivity index (χ0n) is 12.9. The molecule has 1 aromatic heterocycles. The van der Waals surface area contributed by atoms with Crippen LogP contribution in [0.3, 0.4) is 0 Å². The molecular formula is C14H16ClN5O4. The van der Waals surface area contributed by atoms with Crippen LogP contribution in [-0.4, -0.2) is 26.0 Å². The number of hydrogen-bond acceptors (Lipinski definition) is 7. The predicted molar refractivity (Wildman–Crippen MR) is 90.3 cm³/mol. The number of hydrogen-bond donors (Lipinski definition) is 3. The first-order valence-electron chi connectivity index (χ1n) is 6.73. The monoisotopic (exact) mass is 353 g/mol. The Balaban J connectivity index is 0.000000413. The van der Waals surface area contributed by atoms with E-state index in [4.69, 9.17) is 22.4 Å². The van der Waals surface area contributed by atoms with Crippen molar-refractivity contribution < 1.29 is 14.8 Å². The molecule has 128 valence electrons. The van der Waals surface area contributed by atoms with E-state index in [2.05, 4.69) is 15.3 Å². The molecule has 0 saturated heterocycles. The number of carbonyl (C=O) groups is 1. The van der Waals surface area contributed by atoms with Gasteiger partial charge in [0, 0.05) is 10.7 Å². The topological polar surface area (TPSA) is 144 Å². The number of carboxylic acid groups (broad SMARTS) is 1. The van der Waals surface area contributed by atoms with Gasteiger partial charge in [-0.2, -0.15) is 4.98 Å². The first-order chi connectivity index (χ1) is 11.2. The summed E-state index contributed by atoms with van der Waals surface area (Å²) in [6.45, 7) is 3.28. The smallest absolute Gasteiger partial charge is 0.329 e. The molecule has 0 bridgehead atoms. The average Bonchev–Trinajstić information content (AvgIpc) is 2.50. The number of halogens is 1. The number of benzene rings is 1. The summed E-state index contributed by atoms with van der Waals surface area (Å²) < 4.78 is 0. The number of aliphatic carboxylic acids is 1. The van der Waals surface area contributed by atoms with Crippen molar-refractivity contribution in [1.29, 1.82) is 0 Å². The van der Waals surface area contributed by atoms with Crippen molar-refractivity contribution in [3.63, 3.8) is 0 Å². The van der Waals surface area contributed by atoms with Gasteiger partial charge in [-0.05, 0) is 24.3 Å². The molecule has 0 aliphatic heterocycles. The van der Waals surface area contributed by atoms with Crippen LogP contribution in [0.2, 0.25) is 5.02 Å². The summed E-state index contributed by atoms with van der Waals surface area (Å²) in [6.07, 6.45) is 1.06. The zero-order valence-corrected chi connectivity index (χ0v) is 13.7. The van der Waals surface area contributed by atoms with Gasteiger partial charge in [0.1, 0.15) is 6.20 Å². The molecule has 0 aliphatic carbocycles. The quantitative estimate of drug-likeness (QED) is 0.561. The van der Waals surface area contributed by atoms with Gasteiger partial charge in [-0.1, -0.05) is 25.4 Å². The minimum atomic E-state index is -0.741. The standard InChI is InChI=1S/C10H8ClN5O2.C4H8O2/c11-6-1-3-7(4-2-6)14-10-13-5-8(16(17)18)9(12)15-10;1-3(2)4(5)6/h1-5H,(H3,12,13,14,15);3H,1-2H3,(H,5,6). The predicted octanol–water partition coefficient (Wildman–Crippen LogP) is 3.09. The third-order valence-electron chi connectivity index (χ3n) is 2.59. The lowest BCUT2D eigenvalue weighted by atomic mass is 10.2. The lowest BCUT2D eigenvalue weighted by Gasteiger charge is -2.05. The molecular weight excluding hydrogens is 338 g/mol. The normalized spacial score (nSPS) is 9.83. The Morgan fingerprint density at radius 3 is 2.33 bits per heavy atom. The fourth-order valence-corrected chi connectivity index (χ4v) is 1.38. The fraction of sp³-hybridized carbons (Fsp3) is 0.214. The Hall–Kier alpha value is -2.94. The molecule has 0 unspecified atom stereocenters. The van der Waals surface area contributed by atoms with Crippen molar-refractivity contribution in [3.05, 3.63) is 45.6 Å². The summed E-state index contributed by atoms with van der Waals surface area (Å²) in [5.41, 5.74) is 5.83. The minimum Gasteiger partial charge on any atom is -0.481 e. The number of carboxylic acids is 1. The van der Waals surface area contributed by atoms with Crippen molar-refractivity contribution >= 4 is 40.7 Å². The molecule has 1 heterocycles. The lowest BCUT2D eigenvalue weighted by molar-refractivity contribution is -0.384. The first-order valence-corrected chi connectivity index (χ1v) is 7.10. The van der Waals surface area contributed by atoms with Crippen molar-refractivity contribution in [2.24, 2.45) is 5.92 Å². The van der Waals surface area contributed by atoms with Crippen LogP contribution in [-0.2, 0) is 4.79 Å². The number of nitrogen functional groups attached to an aromatic ring is 1. The van der Waals surface area contributed by atoms with E-state index in [0.29, 0.717) is 10.7 Å². The Bertz CT molecular complexity index is 722. The minimum absolute atomic E-state index is 0.181. The Morgan fingerprint density at radius 2 is 1.92 bits per heavy atom. The highest BCUT2D eigenvalue weighted by Gasteiger charge is 2.14. The molecule has 24 heavy (non-hydrogen) atoms. The summed E-state index contributed by atoms with van der Waals surface area (Å²) >= 11 is 5.74. The molecule has 0 radical (unpaired) electrons. The number of aromatic nitrogens is 2. The summed E-state index contributed by atoms with van der Waals surface area (Å²) in [5.74, 6) is -0.980. The van der Waals surface area contributed by atoms with E-state index in [1.165, 1.54) is 0 Å². The van der Waals surface area contributed by atoms with Gasteiger partial charge in [0.2, 0.25) is 11.8 Å². The SMILES string of the molecule is CC(C)C(=O)O.Nc1nc(Nc2ccc(Cl)cc2)ncc1[N+](=O)[O-]. The van der Waals surface area contributed by atoms with E-state index >= 15 is 0 Å². The Labute approximate surface area is 142 Å². The third-order valence-corrected chi connectivity index (χ3v) is 2.84. The van der Waals surface area contributed by atoms with E-state index < -0.39 is 10.9 Å². The van der Waals surface area contributed by atoms with Crippen molar-refractivity contribution in [1.82, 2.24) is 9.97 Å². The van der Waals surface area contributed by atoms with Crippen LogP contribution in [0.25, 0.3) is 0 Å². The molecule has 1 aromatic carbocycles. The number of rotatable bonds is 4. The van der Waals surface area contributed by atoms with Gasteiger partial charge in [-0.25, -0.2) is 4.98 Å². The molecule has 0 spiro atoms. The van der Waals surface area contributed by atoms with Gasteiger partial charge in [0.25, 0.3) is 0 Å². The molecule has 0 fully saturated rings. The van der Waals surface area contributed by atoms with Gasteiger partial charge in [-0.3, -0.25) is 14.9 Å². The van der Waals surface area contributed by atoms with Crippen LogP contribution in [0.5, 0.6) is 0 Å². The number of nitrogens with two attached hydrogens (primary N) is 1. The second-order valence-electron chi connectivity index (χ2n) is 4.85. The maximum Gasteiger partial charge on any atom is 0.329 e. The summed E-state index contributed by atoms with van der Waals surface area (Å²) in [6, 6.07) is 6.84. The molecule has 0 amide bonds. The second kappa shape index (κ2) is 8.63. The third kappa shape index (κ3) is 6.05. The number of nitrogens with one attached hydrogen (secondary N) is 1. The van der Waals surface area contributed by atoms with Crippen molar-refractivity contribution in [2.75, 3.05) is 11.1 Å². The molecule has 4 N–H and O–H groups in total. The van der Waals surface area contributed by atoms with E-state index in [9.17, 15) is 14.9 Å².